The molecule has 136 valence electrons. The van der Waals surface area contributed by atoms with Gasteiger partial charge in [0, 0.05) is 6.42 Å². The van der Waals surface area contributed by atoms with E-state index in [4.69, 9.17) is 4.74 Å². The summed E-state index contributed by atoms with van der Waals surface area (Å²) in [5, 5.41) is 4.30. The smallest absolute Gasteiger partial charge is 0.291 e. The number of hydrogen-bond acceptors (Lipinski definition) is 5. The second-order valence-electron chi connectivity index (χ2n) is 6.23. The van der Waals surface area contributed by atoms with Crippen LogP contribution in [0.25, 0.3) is 11.0 Å². The molecule has 0 fully saturated rings. The number of aromatic nitrogens is 3. The highest BCUT2D eigenvalue weighted by Gasteiger charge is 2.09. The average Bonchev–Trinajstić information content (AvgIpc) is 3.21. The Hall–Kier alpha value is -2.99. The summed E-state index contributed by atoms with van der Waals surface area (Å²) in [6.45, 7) is 2.58. The molecule has 0 unspecified atom stereocenters. The molecule has 4 aromatic rings. The summed E-state index contributed by atoms with van der Waals surface area (Å²) in [6.07, 6.45) is 3.60. The normalized spacial score (nSPS) is 12.0. The maximum absolute atomic E-state index is 12.6. The van der Waals surface area contributed by atoms with Gasteiger partial charge in [-0.15, -0.1) is 5.10 Å². The largest absolute Gasteiger partial charge is 0.489 e. The van der Waals surface area contributed by atoms with Crippen molar-refractivity contribution in [3.8, 4) is 5.75 Å². The molecule has 0 amide bonds. The predicted molar refractivity (Wildman–Crippen MR) is 107 cm³/mol. The Balaban J connectivity index is 1.58. The van der Waals surface area contributed by atoms with Crippen molar-refractivity contribution >= 4 is 22.4 Å². The maximum atomic E-state index is 12.6. The van der Waals surface area contributed by atoms with E-state index in [0.29, 0.717) is 16.1 Å². The van der Waals surface area contributed by atoms with Crippen LogP contribution in [0.2, 0.25) is 0 Å². The monoisotopic (exact) mass is 377 g/mol. The van der Waals surface area contributed by atoms with Gasteiger partial charge in [0.15, 0.2) is 5.82 Å². The first-order chi connectivity index (χ1) is 13.2. The molecule has 2 aromatic heterocycles. The van der Waals surface area contributed by atoms with E-state index in [9.17, 15) is 4.79 Å². The fourth-order valence-electron chi connectivity index (χ4n) is 2.79. The first-order valence-electron chi connectivity index (χ1n) is 8.90. The minimum Gasteiger partial charge on any atom is -0.489 e. The standard InChI is InChI=1S/C21H19N3O2S/c1-2-7-19-22-21-24(23-19)20(25)18(27-21)13-16-10-6-11-17(12-16)26-14-15-8-4-3-5-9-15/h3-6,8-13H,2,7,14H2,1H3/b18-13-. The van der Waals surface area contributed by atoms with Gasteiger partial charge in [-0.3, -0.25) is 4.79 Å². The summed E-state index contributed by atoms with van der Waals surface area (Å²) < 4.78 is 7.88. The Morgan fingerprint density at radius 1 is 1.15 bits per heavy atom. The first-order valence-corrected chi connectivity index (χ1v) is 9.71. The van der Waals surface area contributed by atoms with E-state index in [1.807, 2.05) is 60.7 Å². The molecule has 4 rings (SSSR count). The summed E-state index contributed by atoms with van der Waals surface area (Å²) in [7, 11) is 0. The number of thiazole rings is 1. The zero-order valence-electron chi connectivity index (χ0n) is 15.0. The molecule has 0 aliphatic carbocycles. The van der Waals surface area contributed by atoms with Gasteiger partial charge < -0.3 is 4.74 Å². The molecule has 2 aromatic carbocycles. The van der Waals surface area contributed by atoms with Gasteiger partial charge in [-0.1, -0.05) is 60.7 Å². The molecule has 0 radical (unpaired) electrons. The number of hydrogen-bond donors (Lipinski definition) is 0. The van der Waals surface area contributed by atoms with Crippen LogP contribution in [0.15, 0.2) is 59.4 Å². The first kappa shape index (κ1) is 17.4. The Kier molecular flexibility index (Phi) is 4.98. The molecule has 27 heavy (non-hydrogen) atoms. The van der Waals surface area contributed by atoms with Gasteiger partial charge in [0.2, 0.25) is 4.96 Å². The number of benzene rings is 2. The molecule has 0 N–H and O–H groups in total. The minimum atomic E-state index is -0.125. The molecule has 0 spiro atoms. The maximum Gasteiger partial charge on any atom is 0.291 e. The van der Waals surface area contributed by atoms with E-state index in [1.165, 1.54) is 15.9 Å². The van der Waals surface area contributed by atoms with Crippen LogP contribution < -0.4 is 14.8 Å². The third-order valence-corrected chi connectivity index (χ3v) is 5.06. The Labute approximate surface area is 160 Å². The van der Waals surface area contributed by atoms with E-state index in [0.717, 1.165) is 35.5 Å². The molecule has 0 aliphatic heterocycles. The van der Waals surface area contributed by atoms with Crippen molar-refractivity contribution in [3.05, 3.63) is 86.4 Å². The van der Waals surface area contributed by atoms with E-state index in [-0.39, 0.29) is 5.56 Å². The molecule has 2 heterocycles. The van der Waals surface area contributed by atoms with Crippen LogP contribution in [0.3, 0.4) is 0 Å². The summed E-state index contributed by atoms with van der Waals surface area (Å²) in [5.74, 6) is 1.49. The van der Waals surface area contributed by atoms with Crippen LogP contribution >= 0.6 is 11.3 Å². The SMILES string of the molecule is CCCc1nc2s/c(=C\c3cccc(OCc4ccccc4)c3)c(=O)n2n1. The number of aryl methyl sites for hydroxylation is 1. The van der Waals surface area contributed by atoms with Crippen molar-refractivity contribution in [2.24, 2.45) is 0 Å². The topological polar surface area (TPSA) is 56.5 Å². The van der Waals surface area contributed by atoms with Crippen molar-refractivity contribution in [2.45, 2.75) is 26.4 Å². The van der Waals surface area contributed by atoms with Crippen LogP contribution in [0, 0.1) is 0 Å². The third-order valence-electron chi connectivity index (χ3n) is 4.10. The number of fused-ring (bicyclic) bond motifs is 1. The van der Waals surface area contributed by atoms with E-state index < -0.39 is 0 Å². The summed E-state index contributed by atoms with van der Waals surface area (Å²) in [4.78, 5) is 17.6. The molecule has 0 aliphatic rings. The number of nitrogens with zero attached hydrogens (tertiary/aromatic N) is 3. The highest BCUT2D eigenvalue weighted by Crippen LogP contribution is 2.16. The van der Waals surface area contributed by atoms with Gasteiger partial charge in [0.25, 0.3) is 5.56 Å². The van der Waals surface area contributed by atoms with Gasteiger partial charge in [0.05, 0.1) is 4.53 Å². The summed E-state index contributed by atoms with van der Waals surface area (Å²) >= 11 is 1.36. The lowest BCUT2D eigenvalue weighted by Gasteiger charge is -2.06. The second kappa shape index (κ2) is 7.72. The van der Waals surface area contributed by atoms with Crippen molar-refractivity contribution in [1.82, 2.24) is 14.6 Å². The van der Waals surface area contributed by atoms with E-state index in [2.05, 4.69) is 17.0 Å². The number of rotatable bonds is 6. The fraction of sp³-hybridized carbons (Fsp3) is 0.190. The van der Waals surface area contributed by atoms with Crippen LogP contribution in [0.1, 0.15) is 30.3 Å². The van der Waals surface area contributed by atoms with Gasteiger partial charge in [-0.05, 0) is 35.8 Å². The van der Waals surface area contributed by atoms with Crippen LogP contribution in [-0.4, -0.2) is 14.6 Å². The highest BCUT2D eigenvalue weighted by atomic mass is 32.1. The van der Waals surface area contributed by atoms with Crippen molar-refractivity contribution < 1.29 is 4.74 Å². The lowest BCUT2D eigenvalue weighted by atomic mass is 10.2. The predicted octanol–water partition coefficient (Wildman–Crippen LogP) is 3.23. The van der Waals surface area contributed by atoms with Crippen molar-refractivity contribution in [2.75, 3.05) is 0 Å². The highest BCUT2D eigenvalue weighted by molar-refractivity contribution is 7.15. The van der Waals surface area contributed by atoms with Crippen LogP contribution in [0.4, 0.5) is 0 Å². The minimum absolute atomic E-state index is 0.125. The quantitative estimate of drug-likeness (QED) is 0.518. The molecule has 5 nitrogen and oxygen atoms in total. The lowest BCUT2D eigenvalue weighted by molar-refractivity contribution is 0.306. The van der Waals surface area contributed by atoms with Gasteiger partial charge in [-0.2, -0.15) is 4.52 Å². The lowest BCUT2D eigenvalue weighted by Crippen LogP contribution is -2.23. The van der Waals surface area contributed by atoms with Gasteiger partial charge >= 0.3 is 0 Å². The fourth-order valence-corrected chi connectivity index (χ4v) is 3.72. The molecule has 6 heteroatoms. The zero-order chi connectivity index (χ0) is 18.6. The average molecular weight is 377 g/mol. The van der Waals surface area contributed by atoms with Gasteiger partial charge in [0.1, 0.15) is 12.4 Å². The van der Waals surface area contributed by atoms with Gasteiger partial charge in [-0.25, -0.2) is 4.98 Å². The molecule has 0 saturated carbocycles. The Morgan fingerprint density at radius 2 is 2.00 bits per heavy atom. The van der Waals surface area contributed by atoms with Crippen LogP contribution in [-0.2, 0) is 13.0 Å². The number of ether oxygens (including phenoxy) is 1. The second-order valence-corrected chi connectivity index (χ2v) is 7.24. The van der Waals surface area contributed by atoms with E-state index >= 15 is 0 Å². The molecule has 0 atom stereocenters. The van der Waals surface area contributed by atoms with Crippen molar-refractivity contribution in [1.29, 1.82) is 0 Å². The summed E-state index contributed by atoms with van der Waals surface area (Å²) in [6, 6.07) is 17.7. The molecular formula is C21H19N3O2S. The van der Waals surface area contributed by atoms with E-state index in [1.54, 1.807) is 0 Å². The Bertz CT molecular complexity index is 1170. The van der Waals surface area contributed by atoms with Crippen molar-refractivity contribution in [3.63, 3.8) is 0 Å². The molecule has 0 saturated heterocycles. The zero-order valence-corrected chi connectivity index (χ0v) is 15.8. The third kappa shape index (κ3) is 3.90. The molecule has 0 bridgehead atoms. The summed E-state index contributed by atoms with van der Waals surface area (Å²) in [5.41, 5.74) is 1.90. The molecular weight excluding hydrogens is 358 g/mol. The van der Waals surface area contributed by atoms with Crippen LogP contribution in [0.5, 0.6) is 5.75 Å². The Morgan fingerprint density at radius 3 is 2.78 bits per heavy atom.